The van der Waals surface area contributed by atoms with Gasteiger partial charge in [0.2, 0.25) is 106 Å². The molecule has 0 aromatic rings. The van der Waals surface area contributed by atoms with Crippen LogP contribution in [0.25, 0.3) is 0 Å². The van der Waals surface area contributed by atoms with Crippen LogP contribution in [0, 0.1) is 47.3 Å². The van der Waals surface area contributed by atoms with Crippen molar-refractivity contribution in [2.45, 2.75) is 400 Å². The minimum Gasteiger partial charge on any atom is -0.370 e. The normalized spacial score (nSPS) is 14.7. The summed E-state index contributed by atoms with van der Waals surface area (Å²) in [5.41, 5.74) is 49.2. The van der Waals surface area contributed by atoms with Crippen molar-refractivity contribution >= 4 is 106 Å². The zero-order valence-corrected chi connectivity index (χ0v) is 86.9. The monoisotopic (exact) mass is 1990 g/mol. The molecule has 0 aromatic carbocycles. The molecule has 0 spiro atoms. The van der Waals surface area contributed by atoms with Crippen molar-refractivity contribution in [3.63, 3.8) is 0 Å². The summed E-state index contributed by atoms with van der Waals surface area (Å²) in [6.45, 7) is 30.4. The molecule has 0 aromatic heterocycles. The fraction of sp³-hybridized carbons (Fsp3) is 0.812. The van der Waals surface area contributed by atoms with Crippen molar-refractivity contribution in [3.8, 4) is 0 Å². The second-order valence-corrected chi connectivity index (χ2v) is 40.3. The van der Waals surface area contributed by atoms with Crippen LogP contribution in [0.2, 0.25) is 0 Å². The summed E-state index contributed by atoms with van der Waals surface area (Å²) >= 11 is 0. The molecule has 0 aliphatic rings. The molecule has 0 saturated carbocycles. The Kier molecular flexibility index (Phi) is 68.9. The van der Waals surface area contributed by atoms with Gasteiger partial charge in [0, 0.05) is 13.0 Å². The molecule has 0 saturated heterocycles. The Bertz CT molecular complexity index is 3750. The quantitative estimate of drug-likeness (QED) is 0.0149. The molecule has 0 radical (unpaired) electrons. The van der Waals surface area contributed by atoms with Gasteiger partial charge in [-0.05, 0) is 266 Å². The van der Waals surface area contributed by atoms with Crippen LogP contribution in [0.3, 0.4) is 0 Å². The van der Waals surface area contributed by atoms with Gasteiger partial charge < -0.3 is 131 Å². The Hall–Kier alpha value is -9.86. The van der Waals surface area contributed by atoms with Gasteiger partial charge in [-0.2, -0.15) is 0 Å². The van der Waals surface area contributed by atoms with Crippen molar-refractivity contribution in [1.29, 1.82) is 0 Å². The van der Waals surface area contributed by atoms with E-state index in [0.717, 1.165) is 0 Å². The van der Waals surface area contributed by atoms with Gasteiger partial charge in [-0.1, -0.05) is 117 Å². The van der Waals surface area contributed by atoms with Crippen LogP contribution in [-0.4, -0.2) is 249 Å². The molecular formula is C96H184N26O18. The molecule has 18 amide bonds. The molecule has 0 unspecified atom stereocenters. The number of amides is 18. The van der Waals surface area contributed by atoms with Crippen LogP contribution < -0.4 is 142 Å². The summed E-state index contributed by atoms with van der Waals surface area (Å²) < 4.78 is 0. The van der Waals surface area contributed by atoms with Gasteiger partial charge >= 0.3 is 0 Å². The maximum absolute atomic E-state index is 14.9. The lowest BCUT2D eigenvalue weighted by molar-refractivity contribution is -0.137. The highest BCUT2D eigenvalue weighted by atomic mass is 16.2. The number of hydrazine groups is 1. The van der Waals surface area contributed by atoms with Crippen LogP contribution in [0.1, 0.15) is 310 Å². The summed E-state index contributed by atoms with van der Waals surface area (Å²) in [7, 11) is 0. The van der Waals surface area contributed by atoms with Gasteiger partial charge in [-0.25, -0.2) is 5.84 Å². The van der Waals surface area contributed by atoms with Gasteiger partial charge in [0.1, 0.15) is 84.6 Å². The molecule has 35 N–H and O–H groups in total. The highest BCUT2D eigenvalue weighted by Gasteiger charge is 2.40. The van der Waals surface area contributed by atoms with E-state index in [9.17, 15) is 86.3 Å². The number of carbonyl (C=O) groups is 18. The zero-order valence-electron chi connectivity index (χ0n) is 86.9. The molecule has 44 nitrogen and oxygen atoms in total. The number of carbonyl (C=O) groups excluding carboxylic acids is 18. The Morgan fingerprint density at radius 2 is 0.414 bits per heavy atom. The first-order valence-electron chi connectivity index (χ1n) is 51.1. The maximum Gasteiger partial charge on any atom is 0.243 e. The molecule has 0 heterocycles. The fourth-order valence-electron chi connectivity index (χ4n) is 15.6. The number of hydrogen-bond donors (Lipinski definition) is 26. The Balaban J connectivity index is 7.38. The predicted octanol–water partition coefficient (Wildman–Crippen LogP) is -1.10. The van der Waals surface area contributed by atoms with Gasteiger partial charge in [0.15, 0.2) is 0 Å². The molecule has 44 heteroatoms. The van der Waals surface area contributed by atoms with E-state index in [1.807, 2.05) is 55.4 Å². The van der Waals surface area contributed by atoms with E-state index in [4.69, 9.17) is 51.7 Å². The molecular weight excluding hydrogens is 1810 g/mol. The second kappa shape index (κ2) is 74.1. The van der Waals surface area contributed by atoms with Crippen molar-refractivity contribution in [2.75, 3.05) is 52.4 Å². The van der Waals surface area contributed by atoms with Crippen molar-refractivity contribution in [1.82, 2.24) is 90.5 Å². The lowest BCUT2D eigenvalue weighted by atomic mass is 9.98. The predicted molar refractivity (Wildman–Crippen MR) is 539 cm³/mol. The third-order valence-corrected chi connectivity index (χ3v) is 22.9. The first-order chi connectivity index (χ1) is 66.0. The number of primary amides is 1. The Labute approximate surface area is 831 Å². The van der Waals surface area contributed by atoms with Crippen molar-refractivity contribution < 1.29 is 86.3 Å². The van der Waals surface area contributed by atoms with E-state index < -0.39 is 204 Å². The Morgan fingerprint density at radius 3 is 0.629 bits per heavy atom. The number of rotatable bonds is 79. The van der Waals surface area contributed by atoms with Gasteiger partial charge in [0.25, 0.3) is 0 Å². The highest BCUT2D eigenvalue weighted by Crippen LogP contribution is 2.20. The third-order valence-electron chi connectivity index (χ3n) is 22.9. The zero-order chi connectivity index (χ0) is 106. The number of nitrogens with one attached hydrogen (secondary N) is 17. The van der Waals surface area contributed by atoms with Crippen LogP contribution in [-0.2, 0) is 86.3 Å². The smallest absolute Gasteiger partial charge is 0.243 e. The van der Waals surface area contributed by atoms with Crippen LogP contribution >= 0.6 is 0 Å². The molecule has 0 aliphatic heterocycles. The first-order valence-corrected chi connectivity index (χ1v) is 51.1. The summed E-state index contributed by atoms with van der Waals surface area (Å²) in [6, 6.07) is -19.6. The lowest BCUT2D eigenvalue weighted by Gasteiger charge is -2.30. The van der Waals surface area contributed by atoms with Crippen LogP contribution in [0.15, 0.2) is 0 Å². The van der Waals surface area contributed by atoms with E-state index in [-0.39, 0.29) is 182 Å². The average Bonchev–Trinajstić information content (AvgIpc) is 0.851. The van der Waals surface area contributed by atoms with Gasteiger partial charge in [0.05, 0.1) is 19.0 Å². The summed E-state index contributed by atoms with van der Waals surface area (Å²) in [4.78, 5) is 255. The number of unbranched alkanes of at least 4 members (excludes halogenated alkanes) is 8. The van der Waals surface area contributed by atoms with E-state index in [1.165, 1.54) is 0 Å². The van der Waals surface area contributed by atoms with Crippen molar-refractivity contribution in [3.05, 3.63) is 0 Å². The molecule has 140 heavy (non-hydrogen) atoms. The molecule has 15 atom stereocenters. The first kappa shape index (κ1) is 130. The van der Waals surface area contributed by atoms with E-state index >= 15 is 0 Å². The van der Waals surface area contributed by atoms with Crippen LogP contribution in [0.5, 0.6) is 0 Å². The Morgan fingerprint density at radius 1 is 0.214 bits per heavy atom. The number of nitrogens with two attached hydrogens (primary N) is 9. The second-order valence-electron chi connectivity index (χ2n) is 40.3. The van der Waals surface area contributed by atoms with Crippen molar-refractivity contribution in [2.24, 2.45) is 99.1 Å². The van der Waals surface area contributed by atoms with E-state index in [2.05, 4.69) is 90.5 Å². The lowest BCUT2D eigenvalue weighted by Crippen LogP contribution is -2.61. The molecule has 806 valence electrons. The molecule has 0 aliphatic carbocycles. The van der Waals surface area contributed by atoms with E-state index in [1.54, 1.807) is 55.4 Å². The highest BCUT2D eigenvalue weighted by molar-refractivity contribution is 6.01. The molecule has 0 bridgehead atoms. The number of hydrogen-bond acceptors (Lipinski definition) is 26. The van der Waals surface area contributed by atoms with Gasteiger partial charge in [-0.3, -0.25) is 91.7 Å². The SMILES string of the molecule is CC(C)C[C@H](NC(=O)[C@H](CCCCN)NC(=O)[C@H](CC(C)C)NC(=O)[C@H](CC(C)C)NC(=O)[C@H](CCCCN)NC(=O)[C@H](CC(N)=O)NC(=O)[C@H](CC(C)C)NC(=O)[C@H](CC(C)C)NC(=O)[C@H](CCCCN)NC(=O)[C@H](CC(C)C)NC(=O)[C@H](CC(C)C)NC(=O)[C@H](CCCCN)NC(=O)[C@H](CCCCN)NC(=O)[C@@H](N)CC(C)C)C(=O)N[C@@H](CCCCN)C(=O)NCC(=O)NCCCCCC(=O)NN. The standard InChI is InChI=1S/C96H184N26O18/c1-56(2)46-64(103)82(126)108-66(33-20-26-40-98)84(128)110-67(34-21-27-41-99)85(129)115-74(50-60(9)10)92(136)118-73(49-59(7)8)91(135)112-69(36-23-29-43-101)87(131)116-76(52-62(13)14)94(138)120-77(53-63(15)16)95(139)121-78(54-79(104)123)96(140)113-70(37-24-30-44-102)88(132)117-75(51-61(11)12)93(137)119-72(48-58(5)6)90(134)111-68(35-22-28-42-100)86(130)114-71(47-57(3)4)89(133)109-65(32-19-25-39-97)83(127)107-55-81(125)106-45-31-17-18-38-80(124)122-105/h56-78H,17-55,97-103,105H2,1-16H3,(H2,104,123)(H,106,125)(H,107,127)(H,108,126)(H,109,133)(H,110,128)(H,111,134)(H,112,135)(H,113,140)(H,114,130)(H,115,129)(H,116,131)(H,117,132)(H,118,136)(H,119,137)(H,120,138)(H,121,139)(H,122,124)/t64-,65-,66-,67-,68-,69-,70-,71-,72-,73-,74-,75-,76-,77-,78-/m0/s1. The summed E-state index contributed by atoms with van der Waals surface area (Å²) in [5, 5.41) is 43.9. The minimum atomic E-state index is -1.79. The minimum absolute atomic E-state index is 0.00153. The van der Waals surface area contributed by atoms with E-state index in [0.29, 0.717) is 109 Å². The maximum atomic E-state index is 14.9. The third kappa shape index (κ3) is 58.5. The largest absolute Gasteiger partial charge is 0.370 e. The average molecular weight is 1990 g/mol. The van der Waals surface area contributed by atoms with Crippen LogP contribution in [0.4, 0.5) is 0 Å². The fourth-order valence-corrected chi connectivity index (χ4v) is 15.6. The van der Waals surface area contributed by atoms with Gasteiger partial charge in [-0.15, -0.1) is 0 Å². The molecule has 0 fully saturated rings. The summed E-state index contributed by atoms with van der Waals surface area (Å²) in [5.74, 6) is -10.2. The summed E-state index contributed by atoms with van der Waals surface area (Å²) in [6.07, 6.45) is 6.93. The topological polar surface area (TPSA) is 746 Å². The molecule has 0 rings (SSSR count).